The number of methoxy groups -OCH3 is 1. The second kappa shape index (κ2) is 9.29. The first kappa shape index (κ1) is 24.7. The van der Waals surface area contributed by atoms with Gasteiger partial charge < -0.3 is 14.5 Å². The van der Waals surface area contributed by atoms with Gasteiger partial charge in [-0.25, -0.2) is 29.0 Å². The second-order valence-electron chi connectivity index (χ2n) is 9.02. The van der Waals surface area contributed by atoms with E-state index in [1.54, 1.807) is 0 Å². The number of aromatic nitrogens is 8. The minimum Gasteiger partial charge on any atom is -0.480 e. The molecule has 1 aromatic carbocycles. The van der Waals surface area contributed by atoms with E-state index in [1.165, 1.54) is 38.8 Å². The highest BCUT2D eigenvalue weighted by molar-refractivity contribution is 5.79. The monoisotopic (exact) mass is 540 g/mol. The molecule has 1 aliphatic rings. The highest BCUT2D eigenvalue weighted by Gasteiger charge is 2.35. The lowest BCUT2D eigenvalue weighted by Gasteiger charge is -2.13. The molecule has 0 aliphatic heterocycles. The summed E-state index contributed by atoms with van der Waals surface area (Å²) in [4.78, 5) is 24.9. The first-order chi connectivity index (χ1) is 18.7. The van der Waals surface area contributed by atoms with Gasteiger partial charge in [-0.1, -0.05) is 6.07 Å². The van der Waals surface area contributed by atoms with Crippen molar-refractivity contribution in [2.75, 3.05) is 7.11 Å². The van der Waals surface area contributed by atoms with E-state index in [0.29, 0.717) is 22.6 Å². The third-order valence-electron chi connectivity index (χ3n) is 6.30. The molecule has 0 bridgehead atoms. The Balaban J connectivity index is 1.31. The number of aromatic amines is 1. The molecule has 0 radical (unpaired) electrons. The van der Waals surface area contributed by atoms with Crippen molar-refractivity contribution >= 4 is 11.2 Å². The van der Waals surface area contributed by atoms with Crippen molar-refractivity contribution in [3.8, 4) is 28.8 Å². The van der Waals surface area contributed by atoms with Crippen LogP contribution in [0, 0.1) is 12.7 Å². The fourth-order valence-electron chi connectivity index (χ4n) is 4.24. The minimum absolute atomic E-state index is 0.126. The highest BCUT2D eigenvalue weighted by atomic mass is 19.4. The first-order valence-electron chi connectivity index (χ1n) is 11.9. The molecule has 1 fully saturated rings. The standard InChI is InChI=1S/C25H20F4N8O2/c1-12-7-17(25(27,28)29)36-37(12)15-6-5-14(16(26)8-15)9-39-24-20-22(32-10-31-20)34-21(35-24)18-19(13-3-4-13)30-11-33-23(18)38-2/h5-8,10-11,13H,3-4,9H2,1-2H3,(H,31,32,34,35). The maximum absolute atomic E-state index is 15.0. The zero-order valence-electron chi connectivity index (χ0n) is 20.6. The normalized spacial score (nSPS) is 13.7. The van der Waals surface area contributed by atoms with Gasteiger partial charge in [-0.05, 0) is 38.0 Å². The summed E-state index contributed by atoms with van der Waals surface area (Å²) in [6.07, 6.45) is 0.221. The Morgan fingerprint density at radius 2 is 1.90 bits per heavy atom. The molecule has 10 nitrogen and oxygen atoms in total. The van der Waals surface area contributed by atoms with Gasteiger partial charge in [0.2, 0.25) is 11.8 Å². The van der Waals surface area contributed by atoms with Gasteiger partial charge >= 0.3 is 6.18 Å². The van der Waals surface area contributed by atoms with Gasteiger partial charge in [-0.3, -0.25) is 0 Å². The molecule has 0 atom stereocenters. The van der Waals surface area contributed by atoms with E-state index >= 15 is 4.39 Å². The van der Waals surface area contributed by atoms with Crippen molar-refractivity contribution in [3.05, 3.63) is 65.4 Å². The summed E-state index contributed by atoms with van der Waals surface area (Å²) in [5, 5.41) is 3.57. The Morgan fingerprint density at radius 3 is 2.59 bits per heavy atom. The molecule has 0 saturated heterocycles. The Bertz CT molecular complexity index is 1690. The van der Waals surface area contributed by atoms with Gasteiger partial charge in [0.25, 0.3) is 0 Å². The third kappa shape index (κ3) is 4.62. The number of alkyl halides is 3. The van der Waals surface area contributed by atoms with Gasteiger partial charge in [0, 0.05) is 17.2 Å². The van der Waals surface area contributed by atoms with Crippen LogP contribution in [0.25, 0.3) is 28.2 Å². The van der Waals surface area contributed by atoms with Gasteiger partial charge in [0.15, 0.2) is 17.2 Å². The van der Waals surface area contributed by atoms with Crippen LogP contribution in [0.1, 0.15) is 41.4 Å². The summed E-state index contributed by atoms with van der Waals surface area (Å²) < 4.78 is 66.5. The predicted octanol–water partition coefficient (Wildman–Crippen LogP) is 4.93. The number of hydrogen-bond donors (Lipinski definition) is 1. The van der Waals surface area contributed by atoms with Crippen LogP contribution in [0.2, 0.25) is 0 Å². The molecule has 0 unspecified atom stereocenters. The first-order valence-corrected chi connectivity index (χ1v) is 11.9. The average molecular weight is 540 g/mol. The van der Waals surface area contributed by atoms with Gasteiger partial charge in [0.05, 0.1) is 24.8 Å². The van der Waals surface area contributed by atoms with Crippen LogP contribution in [-0.2, 0) is 12.8 Å². The SMILES string of the molecule is COc1ncnc(C2CC2)c1-c1nc(OCc2ccc(-n3nc(C(F)(F)F)cc3C)cc2F)c2[nH]cnc2n1. The maximum atomic E-state index is 15.0. The molecule has 1 N–H and O–H groups in total. The quantitative estimate of drug-likeness (QED) is 0.289. The van der Waals surface area contributed by atoms with Gasteiger partial charge in [-0.15, -0.1) is 0 Å². The van der Waals surface area contributed by atoms with Crippen molar-refractivity contribution in [3.63, 3.8) is 0 Å². The topological polar surface area (TPSA) is 117 Å². The van der Waals surface area contributed by atoms with Crippen molar-refractivity contribution in [1.82, 2.24) is 39.7 Å². The van der Waals surface area contributed by atoms with E-state index < -0.39 is 17.7 Å². The van der Waals surface area contributed by atoms with E-state index in [1.807, 2.05) is 0 Å². The molecule has 0 amide bonds. The predicted molar refractivity (Wildman–Crippen MR) is 129 cm³/mol. The number of aryl methyl sites for hydroxylation is 1. The second-order valence-corrected chi connectivity index (χ2v) is 9.02. The molecule has 1 saturated carbocycles. The Morgan fingerprint density at radius 1 is 1.08 bits per heavy atom. The summed E-state index contributed by atoms with van der Waals surface area (Å²) in [7, 11) is 1.49. The number of nitrogens with one attached hydrogen (secondary N) is 1. The zero-order chi connectivity index (χ0) is 27.3. The largest absolute Gasteiger partial charge is 0.480 e. The van der Waals surface area contributed by atoms with Crippen LogP contribution in [-0.4, -0.2) is 46.8 Å². The summed E-state index contributed by atoms with van der Waals surface area (Å²) in [5.41, 5.74) is 1.51. The van der Waals surface area contributed by atoms with E-state index in [0.717, 1.165) is 35.4 Å². The highest BCUT2D eigenvalue weighted by Crippen LogP contribution is 2.45. The fourth-order valence-corrected chi connectivity index (χ4v) is 4.24. The number of nitrogens with zero attached hydrogens (tertiary/aromatic N) is 7. The van der Waals surface area contributed by atoms with Crippen molar-refractivity contribution in [2.45, 2.75) is 38.5 Å². The van der Waals surface area contributed by atoms with Crippen LogP contribution >= 0.6 is 0 Å². The molecule has 4 heterocycles. The zero-order valence-corrected chi connectivity index (χ0v) is 20.6. The van der Waals surface area contributed by atoms with Crippen LogP contribution in [0.15, 0.2) is 36.9 Å². The Labute approximate surface area is 218 Å². The number of fused-ring (bicyclic) bond motifs is 1. The van der Waals surface area contributed by atoms with E-state index in [4.69, 9.17) is 9.47 Å². The summed E-state index contributed by atoms with van der Waals surface area (Å²) in [5.74, 6) is 0.269. The molecule has 200 valence electrons. The van der Waals surface area contributed by atoms with Crippen LogP contribution < -0.4 is 9.47 Å². The average Bonchev–Trinajstić information content (AvgIpc) is 3.51. The molecule has 0 spiro atoms. The Kier molecular flexibility index (Phi) is 5.88. The number of hydrogen-bond acceptors (Lipinski definition) is 8. The summed E-state index contributed by atoms with van der Waals surface area (Å²) in [6, 6.07) is 4.89. The maximum Gasteiger partial charge on any atom is 0.435 e. The third-order valence-corrected chi connectivity index (χ3v) is 6.30. The van der Waals surface area contributed by atoms with Crippen LogP contribution in [0.4, 0.5) is 17.6 Å². The summed E-state index contributed by atoms with van der Waals surface area (Å²) in [6.45, 7) is 1.24. The number of rotatable bonds is 7. The van der Waals surface area contributed by atoms with Crippen molar-refractivity contribution in [2.24, 2.45) is 0 Å². The van der Waals surface area contributed by atoms with Gasteiger partial charge in [-0.2, -0.15) is 23.3 Å². The number of benzene rings is 1. The van der Waals surface area contributed by atoms with E-state index in [-0.39, 0.29) is 41.2 Å². The number of imidazole rings is 1. The molecule has 5 aromatic rings. The molecule has 4 aromatic heterocycles. The number of ether oxygens (including phenoxy) is 2. The molecule has 1 aliphatic carbocycles. The fraction of sp³-hybridized carbons (Fsp3) is 0.280. The van der Waals surface area contributed by atoms with Gasteiger partial charge in [0.1, 0.15) is 29.8 Å². The molecular weight excluding hydrogens is 520 g/mol. The lowest BCUT2D eigenvalue weighted by atomic mass is 10.1. The molecular formula is C25H20F4N8O2. The van der Waals surface area contributed by atoms with E-state index in [2.05, 4.69) is 35.0 Å². The lowest BCUT2D eigenvalue weighted by molar-refractivity contribution is -0.141. The van der Waals surface area contributed by atoms with Crippen molar-refractivity contribution < 1.29 is 27.0 Å². The number of H-pyrrole nitrogens is 1. The molecule has 6 rings (SSSR count). The number of halogens is 4. The van der Waals surface area contributed by atoms with E-state index in [9.17, 15) is 13.2 Å². The molecule has 14 heteroatoms. The lowest BCUT2D eigenvalue weighted by Crippen LogP contribution is -2.08. The van der Waals surface area contributed by atoms with Crippen LogP contribution in [0.5, 0.6) is 11.8 Å². The molecule has 39 heavy (non-hydrogen) atoms. The summed E-state index contributed by atoms with van der Waals surface area (Å²) >= 11 is 0. The smallest absolute Gasteiger partial charge is 0.435 e. The Hall–Kier alpha value is -4.62. The van der Waals surface area contributed by atoms with Crippen molar-refractivity contribution in [1.29, 1.82) is 0 Å². The van der Waals surface area contributed by atoms with Crippen LogP contribution in [0.3, 0.4) is 0 Å². The minimum atomic E-state index is -4.61.